The van der Waals surface area contributed by atoms with Crippen molar-refractivity contribution >= 4 is 11.7 Å². The van der Waals surface area contributed by atoms with E-state index >= 15 is 0 Å². The molecule has 2 fully saturated rings. The first-order valence-electron chi connectivity index (χ1n) is 8.86. The van der Waals surface area contributed by atoms with E-state index in [1.54, 1.807) is 14.0 Å². The first-order chi connectivity index (χ1) is 12.1. The maximum Gasteiger partial charge on any atom is 0.219 e. The van der Waals surface area contributed by atoms with Gasteiger partial charge in [-0.3, -0.25) is 4.79 Å². The van der Waals surface area contributed by atoms with Crippen LogP contribution in [0.4, 0.5) is 5.82 Å². The third-order valence-corrected chi connectivity index (χ3v) is 4.84. The molecule has 3 rings (SSSR count). The summed E-state index contributed by atoms with van der Waals surface area (Å²) >= 11 is 0. The van der Waals surface area contributed by atoms with E-state index in [2.05, 4.69) is 20.2 Å². The molecule has 8 heteroatoms. The van der Waals surface area contributed by atoms with Gasteiger partial charge >= 0.3 is 0 Å². The third-order valence-electron chi connectivity index (χ3n) is 4.84. The molecule has 8 nitrogen and oxygen atoms in total. The molecule has 1 aromatic rings. The lowest BCUT2D eigenvalue weighted by Gasteiger charge is -2.38. The zero-order valence-electron chi connectivity index (χ0n) is 15.0. The Morgan fingerprint density at radius 1 is 1.36 bits per heavy atom. The highest BCUT2D eigenvalue weighted by atomic mass is 16.5. The van der Waals surface area contributed by atoms with Gasteiger partial charge in [0, 0.05) is 51.8 Å². The highest BCUT2D eigenvalue weighted by Gasteiger charge is 2.26. The Hall–Kier alpha value is -1.93. The minimum absolute atomic E-state index is 0.119. The van der Waals surface area contributed by atoms with Gasteiger partial charge in [-0.1, -0.05) is 0 Å². The average molecular weight is 349 g/mol. The molecule has 0 radical (unpaired) electrons. The fourth-order valence-electron chi connectivity index (χ4n) is 3.40. The van der Waals surface area contributed by atoms with Gasteiger partial charge in [-0.15, -0.1) is 0 Å². The molecule has 0 aromatic carbocycles. The summed E-state index contributed by atoms with van der Waals surface area (Å²) in [6.07, 6.45) is 3.73. The number of carbonyl (C=O) groups excluding carboxylic acids is 1. The number of anilines is 1. The number of hydrogen-bond acceptors (Lipinski definition) is 7. The zero-order chi connectivity index (χ0) is 17.6. The van der Waals surface area contributed by atoms with Crippen molar-refractivity contribution in [2.24, 2.45) is 0 Å². The molecule has 3 heterocycles. The topological polar surface area (TPSA) is 79.8 Å². The molecular weight excluding hydrogens is 322 g/mol. The summed E-state index contributed by atoms with van der Waals surface area (Å²) in [6, 6.07) is 2.22. The average Bonchev–Trinajstić information content (AvgIpc) is 2.64. The number of hydrogen-bond donors (Lipinski definition) is 1. The van der Waals surface area contributed by atoms with Gasteiger partial charge in [0.05, 0.1) is 19.8 Å². The molecule has 0 aliphatic carbocycles. The summed E-state index contributed by atoms with van der Waals surface area (Å²) < 4.78 is 11.0. The largest absolute Gasteiger partial charge is 0.481 e. The number of morpholine rings is 1. The smallest absolute Gasteiger partial charge is 0.219 e. The highest BCUT2D eigenvalue weighted by Crippen LogP contribution is 2.18. The molecule has 1 N–H and O–H groups in total. The molecule has 0 spiro atoms. The van der Waals surface area contributed by atoms with Crippen molar-refractivity contribution in [3.8, 4) is 5.88 Å². The molecule has 1 atom stereocenters. The van der Waals surface area contributed by atoms with Crippen molar-refractivity contribution in [3.63, 3.8) is 0 Å². The van der Waals surface area contributed by atoms with Crippen molar-refractivity contribution < 1.29 is 14.3 Å². The summed E-state index contributed by atoms with van der Waals surface area (Å²) in [5, 5.41) is 3.46. The van der Waals surface area contributed by atoms with Gasteiger partial charge in [0.2, 0.25) is 11.8 Å². The van der Waals surface area contributed by atoms with Gasteiger partial charge in [-0.05, 0) is 12.8 Å². The second kappa shape index (κ2) is 8.44. The van der Waals surface area contributed by atoms with Crippen LogP contribution >= 0.6 is 0 Å². The molecule has 0 bridgehead atoms. The van der Waals surface area contributed by atoms with Crippen LogP contribution in [0.3, 0.4) is 0 Å². The lowest BCUT2D eigenvalue weighted by molar-refractivity contribution is -0.137. The Balaban J connectivity index is 1.43. The van der Waals surface area contributed by atoms with Crippen LogP contribution < -0.4 is 10.1 Å². The molecular formula is C17H27N5O3. The fourth-order valence-corrected chi connectivity index (χ4v) is 3.40. The number of ether oxygens (including phenoxy) is 2. The second-order valence-corrected chi connectivity index (χ2v) is 6.62. The van der Waals surface area contributed by atoms with Crippen LogP contribution in [0.15, 0.2) is 12.4 Å². The van der Waals surface area contributed by atoms with Crippen molar-refractivity contribution in [2.75, 3.05) is 51.8 Å². The Labute approximate surface area is 148 Å². The van der Waals surface area contributed by atoms with E-state index < -0.39 is 0 Å². The van der Waals surface area contributed by atoms with E-state index in [-0.39, 0.29) is 12.0 Å². The normalized spacial score (nSPS) is 22.6. The first-order valence-corrected chi connectivity index (χ1v) is 8.86. The number of likely N-dealkylation sites (tertiary alicyclic amines) is 1. The first kappa shape index (κ1) is 17.9. The molecule has 2 saturated heterocycles. The second-order valence-electron chi connectivity index (χ2n) is 6.62. The number of rotatable bonds is 5. The lowest BCUT2D eigenvalue weighted by Crippen LogP contribution is -2.50. The summed E-state index contributed by atoms with van der Waals surface area (Å²) in [7, 11) is 1.60. The predicted octanol–water partition coefficient (Wildman–Crippen LogP) is 0.609. The number of nitrogens with one attached hydrogen (secondary N) is 1. The molecule has 1 unspecified atom stereocenters. The van der Waals surface area contributed by atoms with Crippen LogP contribution in [0.2, 0.25) is 0 Å². The lowest BCUT2D eigenvalue weighted by atomic mass is 10.0. The summed E-state index contributed by atoms with van der Waals surface area (Å²) in [5.74, 6) is 1.51. The Bertz CT molecular complexity index is 577. The highest BCUT2D eigenvalue weighted by molar-refractivity contribution is 5.73. The van der Waals surface area contributed by atoms with E-state index in [1.165, 1.54) is 6.33 Å². The standard InChI is InChI=1S/C17H27N5O3/c1-13(23)22-7-8-25-15(11-22)10-21-5-3-14(4-6-21)20-16-9-17(24-2)19-12-18-16/h9,12,14-15H,3-8,10-11H2,1-2H3,(H,18,19,20). The van der Waals surface area contributed by atoms with Crippen molar-refractivity contribution in [3.05, 3.63) is 12.4 Å². The van der Waals surface area contributed by atoms with Crippen molar-refractivity contribution in [1.29, 1.82) is 0 Å². The number of methoxy groups -OCH3 is 1. The van der Waals surface area contributed by atoms with Crippen LogP contribution in [0, 0.1) is 0 Å². The quantitative estimate of drug-likeness (QED) is 0.834. The number of aromatic nitrogens is 2. The number of nitrogens with zero attached hydrogens (tertiary/aromatic N) is 4. The van der Waals surface area contributed by atoms with Gasteiger partial charge in [-0.25, -0.2) is 9.97 Å². The van der Waals surface area contributed by atoms with E-state index in [1.807, 2.05) is 11.0 Å². The van der Waals surface area contributed by atoms with Crippen LogP contribution in [-0.4, -0.2) is 84.3 Å². The molecule has 25 heavy (non-hydrogen) atoms. The van der Waals surface area contributed by atoms with Gasteiger partial charge in [0.25, 0.3) is 0 Å². The van der Waals surface area contributed by atoms with Crippen LogP contribution in [0.5, 0.6) is 5.88 Å². The number of amides is 1. The molecule has 0 saturated carbocycles. The van der Waals surface area contributed by atoms with E-state index in [4.69, 9.17) is 9.47 Å². The maximum absolute atomic E-state index is 11.5. The van der Waals surface area contributed by atoms with Gasteiger partial charge in [0.15, 0.2) is 0 Å². The SMILES string of the molecule is COc1cc(NC2CCN(CC3CN(C(C)=O)CCO3)CC2)ncn1. The zero-order valence-corrected chi connectivity index (χ0v) is 15.0. The van der Waals surface area contributed by atoms with Crippen LogP contribution in [-0.2, 0) is 9.53 Å². The molecule has 1 amide bonds. The maximum atomic E-state index is 11.5. The van der Waals surface area contributed by atoms with E-state index in [0.717, 1.165) is 38.3 Å². The summed E-state index contributed by atoms with van der Waals surface area (Å²) in [4.78, 5) is 24.1. The Morgan fingerprint density at radius 2 is 2.16 bits per heavy atom. The summed E-state index contributed by atoms with van der Waals surface area (Å²) in [6.45, 7) is 6.59. The predicted molar refractivity (Wildman–Crippen MR) is 93.7 cm³/mol. The van der Waals surface area contributed by atoms with Crippen LogP contribution in [0.1, 0.15) is 19.8 Å². The fraction of sp³-hybridized carbons (Fsp3) is 0.706. The molecule has 138 valence electrons. The van der Waals surface area contributed by atoms with Crippen molar-refractivity contribution in [2.45, 2.75) is 31.9 Å². The number of carbonyl (C=O) groups is 1. The van der Waals surface area contributed by atoms with E-state index in [9.17, 15) is 4.79 Å². The summed E-state index contributed by atoms with van der Waals surface area (Å²) in [5.41, 5.74) is 0. The molecule has 2 aliphatic heterocycles. The minimum atomic E-state index is 0.119. The monoisotopic (exact) mass is 349 g/mol. The van der Waals surface area contributed by atoms with Gasteiger partial charge < -0.3 is 24.6 Å². The van der Waals surface area contributed by atoms with E-state index in [0.29, 0.717) is 31.6 Å². The molecule has 2 aliphatic rings. The molecule has 1 aromatic heterocycles. The Morgan fingerprint density at radius 3 is 2.88 bits per heavy atom. The van der Waals surface area contributed by atoms with Crippen molar-refractivity contribution in [1.82, 2.24) is 19.8 Å². The Kier molecular flexibility index (Phi) is 6.04. The van der Waals surface area contributed by atoms with Gasteiger partial charge in [0.1, 0.15) is 12.1 Å². The van der Waals surface area contributed by atoms with Crippen LogP contribution in [0.25, 0.3) is 0 Å². The third kappa shape index (κ3) is 5.02. The number of piperidine rings is 1. The van der Waals surface area contributed by atoms with Gasteiger partial charge in [-0.2, -0.15) is 0 Å². The minimum Gasteiger partial charge on any atom is -0.481 e.